The molecule has 0 atom stereocenters. The lowest BCUT2D eigenvalue weighted by atomic mass is 9.77. The standard InChI is InChI=1S/C11H21BN2O2/c1-8(2)11(4,5)16-12(15)10-7-14(6)13-9(10)3/h7-8,15H,1-6H3. The molecule has 0 radical (unpaired) electrons. The summed E-state index contributed by atoms with van der Waals surface area (Å²) in [6, 6.07) is 0. The van der Waals surface area contributed by atoms with E-state index in [1.807, 2.05) is 27.8 Å². The van der Waals surface area contributed by atoms with E-state index in [1.54, 1.807) is 10.9 Å². The molecule has 0 aliphatic carbocycles. The smallest absolute Gasteiger partial charge is 0.423 e. The SMILES string of the molecule is Cc1nn(C)cc1B(O)OC(C)(C)C(C)C. The van der Waals surface area contributed by atoms with Crippen LogP contribution in [0.3, 0.4) is 0 Å². The second kappa shape index (κ2) is 4.59. The average Bonchev–Trinajstić information content (AvgIpc) is 2.44. The Bertz CT molecular complexity index is 361. The van der Waals surface area contributed by atoms with Gasteiger partial charge in [-0.15, -0.1) is 0 Å². The molecule has 0 unspecified atom stereocenters. The Morgan fingerprint density at radius 1 is 1.50 bits per heavy atom. The molecule has 5 heteroatoms. The van der Waals surface area contributed by atoms with Crippen molar-refractivity contribution in [3.8, 4) is 0 Å². The van der Waals surface area contributed by atoms with Gasteiger partial charge in [0.15, 0.2) is 0 Å². The summed E-state index contributed by atoms with van der Waals surface area (Å²) in [4.78, 5) is 0. The third-order valence-corrected chi connectivity index (χ3v) is 3.12. The van der Waals surface area contributed by atoms with Crippen LogP contribution in [0.5, 0.6) is 0 Å². The summed E-state index contributed by atoms with van der Waals surface area (Å²) in [5.74, 6) is 0.333. The minimum Gasteiger partial charge on any atom is -0.423 e. The Morgan fingerprint density at radius 3 is 2.44 bits per heavy atom. The van der Waals surface area contributed by atoms with E-state index >= 15 is 0 Å². The molecule has 0 spiro atoms. The first-order valence-electron chi connectivity index (χ1n) is 5.60. The molecule has 4 nitrogen and oxygen atoms in total. The second-order valence-corrected chi connectivity index (χ2v) is 5.07. The maximum atomic E-state index is 10.0. The van der Waals surface area contributed by atoms with Crippen LogP contribution in [0.1, 0.15) is 33.4 Å². The normalized spacial score (nSPS) is 12.2. The van der Waals surface area contributed by atoms with Crippen LogP contribution in [0.2, 0.25) is 0 Å². The third-order valence-electron chi connectivity index (χ3n) is 3.12. The quantitative estimate of drug-likeness (QED) is 0.772. The molecule has 1 rings (SSSR count). The second-order valence-electron chi connectivity index (χ2n) is 5.07. The maximum Gasteiger partial charge on any atom is 0.495 e. The zero-order valence-corrected chi connectivity index (χ0v) is 11.0. The highest BCUT2D eigenvalue weighted by Gasteiger charge is 2.31. The third kappa shape index (κ3) is 2.86. The van der Waals surface area contributed by atoms with Crippen LogP contribution in [0.15, 0.2) is 6.20 Å². The van der Waals surface area contributed by atoms with Gasteiger partial charge in [-0.3, -0.25) is 4.68 Å². The lowest BCUT2D eigenvalue weighted by Gasteiger charge is -2.31. The number of aromatic nitrogens is 2. The van der Waals surface area contributed by atoms with Crippen molar-refractivity contribution in [2.75, 3.05) is 0 Å². The Hall–Kier alpha value is -0.805. The van der Waals surface area contributed by atoms with Crippen molar-refractivity contribution < 1.29 is 9.68 Å². The Balaban J connectivity index is 2.80. The van der Waals surface area contributed by atoms with Gasteiger partial charge in [0.1, 0.15) is 0 Å². The van der Waals surface area contributed by atoms with E-state index < -0.39 is 7.12 Å². The highest BCUT2D eigenvalue weighted by molar-refractivity contribution is 6.60. The predicted molar refractivity (Wildman–Crippen MR) is 65.6 cm³/mol. The Kier molecular flexibility index (Phi) is 3.81. The molecule has 0 bridgehead atoms. The molecule has 0 aliphatic rings. The molecule has 0 fully saturated rings. The molecule has 0 aliphatic heterocycles. The van der Waals surface area contributed by atoms with E-state index in [0.717, 1.165) is 11.2 Å². The molecule has 0 amide bonds. The molecule has 1 heterocycles. The molecule has 1 aromatic rings. The molecular weight excluding hydrogens is 203 g/mol. The van der Waals surface area contributed by atoms with Crippen molar-refractivity contribution >= 4 is 12.6 Å². The predicted octanol–water partition coefficient (Wildman–Crippen LogP) is 0.867. The topological polar surface area (TPSA) is 47.3 Å². The van der Waals surface area contributed by atoms with Crippen LogP contribution in [0.4, 0.5) is 0 Å². The van der Waals surface area contributed by atoms with Crippen molar-refractivity contribution in [2.45, 2.75) is 40.2 Å². The molecule has 1 N–H and O–H groups in total. The first-order chi connectivity index (χ1) is 7.24. The first kappa shape index (κ1) is 13.3. The summed E-state index contributed by atoms with van der Waals surface area (Å²) in [7, 11) is 0.919. The fourth-order valence-corrected chi connectivity index (χ4v) is 1.35. The maximum absolute atomic E-state index is 10.0. The van der Waals surface area contributed by atoms with Gasteiger partial charge in [-0.2, -0.15) is 5.10 Å². The highest BCUT2D eigenvalue weighted by atomic mass is 16.5. The Labute approximate surface area is 97.8 Å². The van der Waals surface area contributed by atoms with Crippen LogP contribution < -0.4 is 5.46 Å². The number of rotatable bonds is 4. The number of hydrogen-bond acceptors (Lipinski definition) is 3. The lowest BCUT2D eigenvalue weighted by Crippen LogP contribution is -2.44. The van der Waals surface area contributed by atoms with Crippen LogP contribution in [-0.2, 0) is 11.7 Å². The first-order valence-corrected chi connectivity index (χ1v) is 5.60. The van der Waals surface area contributed by atoms with Gasteiger partial charge in [-0.05, 0) is 26.7 Å². The summed E-state index contributed by atoms with van der Waals surface area (Å²) >= 11 is 0. The van der Waals surface area contributed by atoms with Gasteiger partial charge in [-0.25, -0.2) is 0 Å². The molecule has 0 saturated heterocycles. The summed E-state index contributed by atoms with van der Waals surface area (Å²) in [6.07, 6.45) is 1.79. The Morgan fingerprint density at radius 2 is 2.06 bits per heavy atom. The van der Waals surface area contributed by atoms with Gasteiger partial charge >= 0.3 is 7.12 Å². The monoisotopic (exact) mass is 224 g/mol. The number of hydrogen-bond donors (Lipinski definition) is 1. The van der Waals surface area contributed by atoms with E-state index in [-0.39, 0.29) is 5.60 Å². The number of aryl methyl sites for hydroxylation is 2. The molecular formula is C11H21BN2O2. The minimum atomic E-state index is -0.911. The fraction of sp³-hybridized carbons (Fsp3) is 0.727. The summed E-state index contributed by atoms with van der Waals surface area (Å²) in [5, 5.41) is 14.2. The van der Waals surface area contributed by atoms with Crippen molar-refractivity contribution in [2.24, 2.45) is 13.0 Å². The largest absolute Gasteiger partial charge is 0.495 e. The zero-order chi connectivity index (χ0) is 12.5. The van der Waals surface area contributed by atoms with Crippen LogP contribution in [0, 0.1) is 12.8 Å². The van der Waals surface area contributed by atoms with Crippen molar-refractivity contribution in [3.05, 3.63) is 11.9 Å². The van der Waals surface area contributed by atoms with E-state index in [4.69, 9.17) is 4.65 Å². The molecule has 1 aromatic heterocycles. The molecule has 0 saturated carbocycles. The van der Waals surface area contributed by atoms with Crippen LogP contribution in [-0.4, -0.2) is 27.5 Å². The molecule has 0 aromatic carbocycles. The van der Waals surface area contributed by atoms with E-state index in [0.29, 0.717) is 5.92 Å². The number of nitrogens with zero attached hydrogens (tertiary/aromatic N) is 2. The minimum absolute atomic E-state index is 0.333. The zero-order valence-electron chi connectivity index (χ0n) is 11.0. The van der Waals surface area contributed by atoms with Gasteiger partial charge in [0.2, 0.25) is 0 Å². The van der Waals surface area contributed by atoms with Gasteiger partial charge in [-0.1, -0.05) is 13.8 Å². The van der Waals surface area contributed by atoms with Gasteiger partial charge in [0.25, 0.3) is 0 Å². The molecule has 16 heavy (non-hydrogen) atoms. The van der Waals surface area contributed by atoms with Crippen LogP contribution >= 0.6 is 0 Å². The van der Waals surface area contributed by atoms with Crippen molar-refractivity contribution in [1.29, 1.82) is 0 Å². The van der Waals surface area contributed by atoms with E-state index in [2.05, 4.69) is 18.9 Å². The van der Waals surface area contributed by atoms with E-state index in [1.165, 1.54) is 0 Å². The van der Waals surface area contributed by atoms with Crippen molar-refractivity contribution in [3.63, 3.8) is 0 Å². The average molecular weight is 224 g/mol. The summed E-state index contributed by atoms with van der Waals surface area (Å²) in [6.45, 7) is 9.97. The summed E-state index contributed by atoms with van der Waals surface area (Å²) < 4.78 is 7.36. The van der Waals surface area contributed by atoms with Crippen LogP contribution in [0.25, 0.3) is 0 Å². The van der Waals surface area contributed by atoms with Gasteiger partial charge < -0.3 is 9.68 Å². The molecule has 90 valence electrons. The fourth-order valence-electron chi connectivity index (χ4n) is 1.35. The summed E-state index contributed by atoms with van der Waals surface area (Å²) in [5.41, 5.74) is 1.17. The van der Waals surface area contributed by atoms with Gasteiger partial charge in [0, 0.05) is 18.7 Å². The lowest BCUT2D eigenvalue weighted by molar-refractivity contribution is 0.0423. The van der Waals surface area contributed by atoms with Gasteiger partial charge in [0.05, 0.1) is 11.3 Å². The van der Waals surface area contributed by atoms with Crippen molar-refractivity contribution in [1.82, 2.24) is 9.78 Å². The van der Waals surface area contributed by atoms with E-state index in [9.17, 15) is 5.02 Å². The highest BCUT2D eigenvalue weighted by Crippen LogP contribution is 2.20.